The third-order valence-corrected chi connectivity index (χ3v) is 3.10. The number of nitrogens with two attached hydrogens (primary N) is 1. The van der Waals surface area contributed by atoms with Crippen molar-refractivity contribution in [3.63, 3.8) is 0 Å². The summed E-state index contributed by atoms with van der Waals surface area (Å²) in [5.74, 6) is -0.543. The fraction of sp³-hybridized carbons (Fsp3) is 0.0714. The van der Waals surface area contributed by atoms with Gasteiger partial charge in [-0.25, -0.2) is 4.79 Å². The normalized spacial score (nSPS) is 10.2. The average molecular weight is 296 g/mol. The molecule has 0 aromatic heterocycles. The van der Waals surface area contributed by atoms with E-state index in [-0.39, 0.29) is 17.2 Å². The summed E-state index contributed by atoms with van der Waals surface area (Å²) >= 11 is 11.7. The van der Waals surface area contributed by atoms with Crippen molar-refractivity contribution in [2.24, 2.45) is 0 Å². The van der Waals surface area contributed by atoms with Crippen LogP contribution in [0.15, 0.2) is 42.5 Å². The van der Waals surface area contributed by atoms with Gasteiger partial charge in [-0.2, -0.15) is 0 Å². The summed E-state index contributed by atoms with van der Waals surface area (Å²) in [6.07, 6.45) is 0. The van der Waals surface area contributed by atoms with E-state index in [0.717, 1.165) is 5.56 Å². The zero-order valence-corrected chi connectivity index (χ0v) is 11.4. The van der Waals surface area contributed by atoms with Gasteiger partial charge in [-0.05, 0) is 29.8 Å². The van der Waals surface area contributed by atoms with Gasteiger partial charge in [-0.3, -0.25) is 0 Å². The number of ether oxygens (including phenoxy) is 1. The van der Waals surface area contributed by atoms with Gasteiger partial charge in [0.25, 0.3) is 0 Å². The molecule has 0 saturated carbocycles. The van der Waals surface area contributed by atoms with E-state index in [1.807, 2.05) is 0 Å². The molecule has 2 rings (SSSR count). The molecule has 0 heterocycles. The van der Waals surface area contributed by atoms with Crippen LogP contribution in [0.4, 0.5) is 5.69 Å². The third kappa shape index (κ3) is 3.40. The van der Waals surface area contributed by atoms with Crippen LogP contribution < -0.4 is 5.73 Å². The molecule has 0 radical (unpaired) electrons. The highest BCUT2D eigenvalue weighted by Gasteiger charge is 2.15. The maximum Gasteiger partial charge on any atom is 0.342 e. The zero-order chi connectivity index (χ0) is 13.8. The Morgan fingerprint density at radius 3 is 2.42 bits per heavy atom. The Bertz CT molecular complexity index is 577. The number of rotatable bonds is 3. The maximum atomic E-state index is 11.9. The minimum absolute atomic E-state index is 0.140. The summed E-state index contributed by atoms with van der Waals surface area (Å²) in [7, 11) is 0. The standard InChI is InChI=1S/C14H11Cl2NO2/c15-10-6-4-9(5-7-10)8-19-14(18)13-11(16)2-1-3-12(13)17/h1-7H,8,17H2. The molecule has 98 valence electrons. The Morgan fingerprint density at radius 1 is 1.11 bits per heavy atom. The van der Waals surface area contributed by atoms with Gasteiger partial charge in [0.2, 0.25) is 0 Å². The second kappa shape index (κ2) is 5.95. The van der Waals surface area contributed by atoms with Crippen LogP contribution in [-0.2, 0) is 11.3 Å². The molecule has 0 amide bonds. The van der Waals surface area contributed by atoms with E-state index in [2.05, 4.69) is 0 Å². The molecule has 0 unspecified atom stereocenters. The molecule has 0 saturated heterocycles. The molecule has 0 spiro atoms. The molecule has 2 N–H and O–H groups in total. The Balaban J connectivity index is 2.07. The van der Waals surface area contributed by atoms with E-state index >= 15 is 0 Å². The number of nitrogen functional groups attached to an aromatic ring is 1. The van der Waals surface area contributed by atoms with Crippen LogP contribution in [0.25, 0.3) is 0 Å². The van der Waals surface area contributed by atoms with Gasteiger partial charge < -0.3 is 10.5 Å². The lowest BCUT2D eigenvalue weighted by Gasteiger charge is -2.08. The molecule has 3 nitrogen and oxygen atoms in total. The second-order valence-corrected chi connectivity index (χ2v) is 4.75. The highest BCUT2D eigenvalue weighted by Crippen LogP contribution is 2.23. The van der Waals surface area contributed by atoms with E-state index in [1.165, 1.54) is 0 Å². The molecule has 2 aromatic carbocycles. The lowest BCUT2D eigenvalue weighted by molar-refractivity contribution is 0.0474. The summed E-state index contributed by atoms with van der Waals surface area (Å²) in [4.78, 5) is 11.9. The molecule has 5 heteroatoms. The topological polar surface area (TPSA) is 52.3 Å². The Kier molecular flexibility index (Phi) is 4.30. The number of halogens is 2. The fourth-order valence-corrected chi connectivity index (χ4v) is 1.94. The van der Waals surface area contributed by atoms with E-state index < -0.39 is 5.97 Å². The molecule has 0 fully saturated rings. The van der Waals surface area contributed by atoms with Gasteiger partial charge in [0, 0.05) is 10.7 Å². The van der Waals surface area contributed by atoms with Crippen LogP contribution in [0.5, 0.6) is 0 Å². The molecule has 19 heavy (non-hydrogen) atoms. The third-order valence-electron chi connectivity index (χ3n) is 2.53. The first-order chi connectivity index (χ1) is 9.08. The largest absolute Gasteiger partial charge is 0.457 e. The molecule has 2 aromatic rings. The molecule has 0 atom stereocenters. The van der Waals surface area contributed by atoms with Crippen molar-refractivity contribution >= 4 is 34.9 Å². The summed E-state index contributed by atoms with van der Waals surface area (Å²) in [5.41, 5.74) is 7.04. The van der Waals surface area contributed by atoms with Crippen LogP contribution in [0.3, 0.4) is 0 Å². The number of carbonyl (C=O) groups excluding carboxylic acids is 1. The first-order valence-electron chi connectivity index (χ1n) is 5.53. The number of hydrogen-bond acceptors (Lipinski definition) is 3. The predicted octanol–water partition coefficient (Wildman–Crippen LogP) is 3.93. The van der Waals surface area contributed by atoms with Gasteiger partial charge in [0.05, 0.1) is 5.02 Å². The van der Waals surface area contributed by atoms with Gasteiger partial charge >= 0.3 is 5.97 Å². The van der Waals surface area contributed by atoms with Crippen LogP contribution in [0, 0.1) is 0 Å². The summed E-state index contributed by atoms with van der Waals surface area (Å²) in [6.45, 7) is 0.140. The van der Waals surface area contributed by atoms with E-state index in [0.29, 0.717) is 10.7 Å². The second-order valence-electron chi connectivity index (χ2n) is 3.91. The van der Waals surface area contributed by atoms with Crippen molar-refractivity contribution in [3.8, 4) is 0 Å². The number of esters is 1. The quantitative estimate of drug-likeness (QED) is 0.689. The molecule has 0 aliphatic heterocycles. The van der Waals surface area contributed by atoms with Crippen molar-refractivity contribution in [2.45, 2.75) is 6.61 Å². The van der Waals surface area contributed by atoms with Crippen molar-refractivity contribution in [1.82, 2.24) is 0 Å². The lowest BCUT2D eigenvalue weighted by atomic mass is 10.2. The van der Waals surface area contributed by atoms with Crippen molar-refractivity contribution < 1.29 is 9.53 Å². The SMILES string of the molecule is Nc1cccc(Cl)c1C(=O)OCc1ccc(Cl)cc1. The predicted molar refractivity (Wildman–Crippen MR) is 76.4 cm³/mol. The summed E-state index contributed by atoms with van der Waals surface area (Å²) in [6, 6.07) is 11.9. The minimum Gasteiger partial charge on any atom is -0.457 e. The van der Waals surface area contributed by atoms with E-state index in [1.54, 1.807) is 42.5 Å². The number of hydrogen-bond donors (Lipinski definition) is 1. The summed E-state index contributed by atoms with van der Waals surface area (Å²) < 4.78 is 5.17. The molecular formula is C14H11Cl2NO2. The van der Waals surface area contributed by atoms with Crippen LogP contribution in [0.2, 0.25) is 10.0 Å². The molecule has 0 bridgehead atoms. The molecule has 0 aliphatic rings. The van der Waals surface area contributed by atoms with Gasteiger partial charge in [-0.15, -0.1) is 0 Å². The van der Waals surface area contributed by atoms with Crippen LogP contribution >= 0.6 is 23.2 Å². The van der Waals surface area contributed by atoms with Crippen LogP contribution in [-0.4, -0.2) is 5.97 Å². The van der Waals surface area contributed by atoms with E-state index in [4.69, 9.17) is 33.7 Å². The van der Waals surface area contributed by atoms with Gasteiger partial charge in [0.1, 0.15) is 12.2 Å². The van der Waals surface area contributed by atoms with E-state index in [9.17, 15) is 4.79 Å². The van der Waals surface area contributed by atoms with Gasteiger partial charge in [-0.1, -0.05) is 41.4 Å². The maximum absolute atomic E-state index is 11.9. The highest BCUT2D eigenvalue weighted by molar-refractivity contribution is 6.34. The summed E-state index contributed by atoms with van der Waals surface area (Å²) in [5, 5.41) is 0.909. The van der Waals surface area contributed by atoms with Crippen molar-refractivity contribution in [3.05, 3.63) is 63.6 Å². The molecule has 0 aliphatic carbocycles. The minimum atomic E-state index is -0.543. The zero-order valence-electron chi connectivity index (χ0n) is 9.90. The van der Waals surface area contributed by atoms with Gasteiger partial charge in [0.15, 0.2) is 0 Å². The monoisotopic (exact) mass is 295 g/mol. The highest BCUT2D eigenvalue weighted by atomic mass is 35.5. The lowest BCUT2D eigenvalue weighted by Crippen LogP contribution is -2.09. The smallest absolute Gasteiger partial charge is 0.342 e. The van der Waals surface area contributed by atoms with Crippen molar-refractivity contribution in [1.29, 1.82) is 0 Å². The first kappa shape index (κ1) is 13.7. The van der Waals surface area contributed by atoms with Crippen molar-refractivity contribution in [2.75, 3.05) is 5.73 Å². The Morgan fingerprint density at radius 2 is 1.79 bits per heavy atom. The first-order valence-corrected chi connectivity index (χ1v) is 6.29. The Labute approximate surface area is 120 Å². The Hall–Kier alpha value is -1.71. The van der Waals surface area contributed by atoms with Crippen LogP contribution in [0.1, 0.15) is 15.9 Å². The number of carbonyl (C=O) groups is 1. The fourth-order valence-electron chi connectivity index (χ4n) is 1.56. The molecular weight excluding hydrogens is 285 g/mol. The number of anilines is 1. The average Bonchev–Trinajstić information content (AvgIpc) is 2.38. The number of benzene rings is 2.